The molecule has 1 aromatic rings. The molecule has 0 radical (unpaired) electrons. The van der Waals surface area contributed by atoms with Crippen molar-refractivity contribution in [2.45, 2.75) is 50.5 Å². The lowest BCUT2D eigenvalue weighted by atomic mass is 9.79. The molecule has 4 atom stereocenters. The van der Waals surface area contributed by atoms with Crippen LogP contribution in [0.4, 0.5) is 9.18 Å². The van der Waals surface area contributed by atoms with Crippen LogP contribution < -0.4 is 5.32 Å². The summed E-state index contributed by atoms with van der Waals surface area (Å²) in [7, 11) is 0. The summed E-state index contributed by atoms with van der Waals surface area (Å²) in [6.07, 6.45) is 1.54. The van der Waals surface area contributed by atoms with E-state index >= 15 is 0 Å². The highest BCUT2D eigenvalue weighted by Gasteiger charge is 2.42. The van der Waals surface area contributed by atoms with E-state index < -0.39 is 12.2 Å². The Morgan fingerprint density at radius 1 is 1.07 bits per heavy atom. The Kier molecular flexibility index (Phi) is 5.85. The smallest absolute Gasteiger partial charge is 0.317 e. The molecule has 2 saturated heterocycles. The van der Waals surface area contributed by atoms with Crippen LogP contribution in [0.25, 0.3) is 0 Å². The maximum Gasteiger partial charge on any atom is 0.317 e. The summed E-state index contributed by atoms with van der Waals surface area (Å²) in [5, 5.41) is 22.9. The van der Waals surface area contributed by atoms with Gasteiger partial charge in [-0.15, -0.1) is 0 Å². The Morgan fingerprint density at radius 3 is 2.29 bits per heavy atom. The number of piperidine rings is 1. The first-order valence-electron chi connectivity index (χ1n) is 10.4. The van der Waals surface area contributed by atoms with Gasteiger partial charge in [0.05, 0.1) is 12.2 Å². The maximum atomic E-state index is 13.8. The summed E-state index contributed by atoms with van der Waals surface area (Å²) in [5.74, 6) is 0.405. The zero-order valence-corrected chi connectivity index (χ0v) is 16.1. The lowest BCUT2D eigenvalue weighted by Crippen LogP contribution is -2.48. The van der Waals surface area contributed by atoms with Crippen molar-refractivity contribution >= 4 is 6.03 Å². The predicted octanol–water partition coefficient (Wildman–Crippen LogP) is 1.56. The Bertz CT molecular complexity index is 677. The molecule has 2 amide bonds. The normalized spacial score (nSPS) is 31.6. The fourth-order valence-electron chi connectivity index (χ4n) is 4.94. The van der Waals surface area contributed by atoms with Crippen LogP contribution in [0.3, 0.4) is 0 Å². The topological polar surface area (TPSA) is 76.0 Å². The number of hydrogen-bond acceptors (Lipinski definition) is 4. The van der Waals surface area contributed by atoms with E-state index in [0.717, 1.165) is 25.9 Å². The molecule has 3 N–H and O–H groups in total. The number of aliphatic hydroxyl groups excluding tert-OH is 2. The Balaban J connectivity index is 1.23. The van der Waals surface area contributed by atoms with Gasteiger partial charge in [-0.3, -0.25) is 4.90 Å². The Labute approximate surface area is 165 Å². The number of halogens is 1. The van der Waals surface area contributed by atoms with Gasteiger partial charge >= 0.3 is 6.03 Å². The largest absolute Gasteiger partial charge is 0.390 e. The van der Waals surface area contributed by atoms with Crippen molar-refractivity contribution in [3.8, 4) is 0 Å². The molecular weight excluding hydrogens is 361 g/mol. The molecule has 3 aliphatic rings. The van der Waals surface area contributed by atoms with Gasteiger partial charge in [-0.1, -0.05) is 18.2 Å². The highest BCUT2D eigenvalue weighted by molar-refractivity contribution is 5.75. The van der Waals surface area contributed by atoms with Crippen molar-refractivity contribution in [2.75, 3.05) is 26.2 Å². The van der Waals surface area contributed by atoms with Gasteiger partial charge in [0, 0.05) is 44.3 Å². The predicted molar refractivity (Wildman–Crippen MR) is 103 cm³/mol. The molecule has 2 aliphatic heterocycles. The number of aliphatic hydroxyl groups is 2. The van der Waals surface area contributed by atoms with E-state index in [1.54, 1.807) is 6.07 Å². The molecule has 1 aliphatic carbocycles. The van der Waals surface area contributed by atoms with Crippen LogP contribution in [0.15, 0.2) is 24.3 Å². The first-order chi connectivity index (χ1) is 13.5. The zero-order valence-electron chi connectivity index (χ0n) is 16.1. The van der Waals surface area contributed by atoms with Gasteiger partial charge in [0.25, 0.3) is 0 Å². The number of rotatable bonds is 3. The molecule has 0 spiro atoms. The number of amides is 2. The van der Waals surface area contributed by atoms with Crippen LogP contribution >= 0.6 is 0 Å². The fraction of sp³-hybridized carbons (Fsp3) is 0.667. The first-order valence-corrected chi connectivity index (χ1v) is 10.4. The summed E-state index contributed by atoms with van der Waals surface area (Å²) in [5.41, 5.74) is 0.717. The third-order valence-corrected chi connectivity index (χ3v) is 6.66. The van der Waals surface area contributed by atoms with Crippen LogP contribution in [0, 0.1) is 17.7 Å². The lowest BCUT2D eigenvalue weighted by molar-refractivity contribution is -0.0372. The number of nitrogens with one attached hydrogen (secondary N) is 1. The van der Waals surface area contributed by atoms with Crippen molar-refractivity contribution < 1.29 is 19.4 Å². The van der Waals surface area contributed by atoms with Crippen molar-refractivity contribution in [3.05, 3.63) is 35.6 Å². The van der Waals surface area contributed by atoms with Gasteiger partial charge in [0.15, 0.2) is 0 Å². The first kappa shape index (κ1) is 19.6. The number of nitrogens with zero attached hydrogens (tertiary/aromatic N) is 2. The highest BCUT2D eigenvalue weighted by Crippen LogP contribution is 2.36. The average molecular weight is 391 g/mol. The molecule has 154 valence electrons. The third-order valence-electron chi connectivity index (χ3n) is 6.66. The average Bonchev–Trinajstić information content (AvgIpc) is 3.08. The Morgan fingerprint density at radius 2 is 1.68 bits per heavy atom. The standard InChI is InChI=1S/C21H30FN3O3/c22-18-4-2-1-3-14(18)11-24-7-5-17(6-8-24)23-21(28)25-12-15-9-19(26)20(27)10-16(15)13-25/h1-4,15-17,19-20,26-27H,5-13H2,(H,23,28)/t15-,16+,19+,20-. The zero-order chi connectivity index (χ0) is 19.7. The molecule has 1 aromatic carbocycles. The number of hydrogen-bond donors (Lipinski definition) is 3. The summed E-state index contributed by atoms with van der Waals surface area (Å²) in [6.45, 7) is 3.60. The van der Waals surface area contributed by atoms with E-state index in [2.05, 4.69) is 10.2 Å². The minimum absolute atomic E-state index is 0.0362. The molecule has 7 heteroatoms. The van der Waals surface area contributed by atoms with E-state index in [-0.39, 0.29) is 29.7 Å². The van der Waals surface area contributed by atoms with Crippen molar-refractivity contribution in [1.82, 2.24) is 15.1 Å². The number of urea groups is 1. The fourth-order valence-corrected chi connectivity index (χ4v) is 4.94. The van der Waals surface area contributed by atoms with Gasteiger partial charge in [-0.05, 0) is 43.6 Å². The SMILES string of the molecule is O=C(NC1CCN(Cc2ccccc2F)CC1)N1C[C@H]2C[C@H](O)[C@H](O)C[C@H]2C1. The summed E-state index contributed by atoms with van der Waals surface area (Å²) in [6, 6.07) is 6.99. The van der Waals surface area contributed by atoms with Crippen LogP contribution in [0.5, 0.6) is 0 Å². The van der Waals surface area contributed by atoms with E-state index in [1.165, 1.54) is 6.07 Å². The number of carbonyl (C=O) groups excluding carboxylic acids is 1. The van der Waals surface area contributed by atoms with Crippen molar-refractivity contribution in [3.63, 3.8) is 0 Å². The van der Waals surface area contributed by atoms with Gasteiger partial charge in [-0.2, -0.15) is 0 Å². The summed E-state index contributed by atoms with van der Waals surface area (Å²) >= 11 is 0. The highest BCUT2D eigenvalue weighted by atomic mass is 19.1. The van der Waals surface area contributed by atoms with E-state index in [4.69, 9.17) is 0 Å². The van der Waals surface area contributed by atoms with Gasteiger partial charge in [-0.25, -0.2) is 9.18 Å². The molecule has 0 aromatic heterocycles. The second kappa shape index (κ2) is 8.35. The van der Waals surface area contributed by atoms with Gasteiger partial charge < -0.3 is 20.4 Å². The quantitative estimate of drug-likeness (QED) is 0.731. The summed E-state index contributed by atoms with van der Waals surface area (Å²) < 4.78 is 13.8. The lowest BCUT2D eigenvalue weighted by Gasteiger charge is -2.33. The van der Waals surface area contributed by atoms with E-state index in [0.29, 0.717) is 38.0 Å². The second-order valence-electron chi connectivity index (χ2n) is 8.62. The minimum atomic E-state index is -0.664. The minimum Gasteiger partial charge on any atom is -0.390 e. The molecule has 4 rings (SSSR count). The molecule has 3 fully saturated rings. The molecule has 0 unspecified atom stereocenters. The van der Waals surface area contributed by atoms with Crippen molar-refractivity contribution in [2.24, 2.45) is 11.8 Å². The van der Waals surface area contributed by atoms with Crippen LogP contribution in [0.1, 0.15) is 31.2 Å². The molecular formula is C21H30FN3O3. The molecule has 2 heterocycles. The second-order valence-corrected chi connectivity index (χ2v) is 8.62. The third kappa shape index (κ3) is 4.31. The van der Waals surface area contributed by atoms with Crippen LogP contribution in [0.2, 0.25) is 0 Å². The molecule has 0 bridgehead atoms. The van der Waals surface area contributed by atoms with Gasteiger partial charge in [0.2, 0.25) is 0 Å². The van der Waals surface area contributed by atoms with Crippen LogP contribution in [-0.2, 0) is 6.54 Å². The number of carbonyl (C=O) groups is 1. The van der Waals surface area contributed by atoms with Crippen LogP contribution in [-0.4, -0.2) is 70.5 Å². The van der Waals surface area contributed by atoms with Gasteiger partial charge in [0.1, 0.15) is 5.82 Å². The van der Waals surface area contributed by atoms with Crippen molar-refractivity contribution in [1.29, 1.82) is 0 Å². The Hall–Kier alpha value is -1.70. The number of likely N-dealkylation sites (tertiary alicyclic amines) is 2. The number of fused-ring (bicyclic) bond motifs is 1. The van der Waals surface area contributed by atoms with E-state index in [1.807, 2.05) is 17.0 Å². The number of benzene rings is 1. The summed E-state index contributed by atoms with van der Waals surface area (Å²) in [4.78, 5) is 16.7. The van der Waals surface area contributed by atoms with E-state index in [9.17, 15) is 19.4 Å². The molecule has 1 saturated carbocycles. The molecule has 28 heavy (non-hydrogen) atoms. The molecule has 6 nitrogen and oxygen atoms in total. The maximum absolute atomic E-state index is 13.8. The monoisotopic (exact) mass is 391 g/mol.